The lowest BCUT2D eigenvalue weighted by atomic mass is 10.1. The van der Waals surface area contributed by atoms with Crippen LogP contribution in [0.2, 0.25) is 5.02 Å². The van der Waals surface area contributed by atoms with E-state index in [-0.39, 0.29) is 29.2 Å². The summed E-state index contributed by atoms with van der Waals surface area (Å²) in [5.41, 5.74) is 0.884. The molecule has 174 valence electrons. The first kappa shape index (κ1) is 22.0. The van der Waals surface area contributed by atoms with Gasteiger partial charge in [0.05, 0.1) is 16.8 Å². The lowest BCUT2D eigenvalue weighted by Gasteiger charge is -2.19. The van der Waals surface area contributed by atoms with Crippen LogP contribution < -0.4 is 9.64 Å². The zero-order valence-electron chi connectivity index (χ0n) is 18.1. The van der Waals surface area contributed by atoms with E-state index in [4.69, 9.17) is 20.9 Å². The number of benzene rings is 2. The van der Waals surface area contributed by atoms with Crippen LogP contribution in [-0.2, 0) is 16.1 Å². The third-order valence-electron chi connectivity index (χ3n) is 5.27. The van der Waals surface area contributed by atoms with Gasteiger partial charge in [-0.3, -0.25) is 14.6 Å². The van der Waals surface area contributed by atoms with Crippen LogP contribution in [0.1, 0.15) is 19.7 Å². The number of nitrogens with zero attached hydrogens (tertiary/aromatic N) is 6. The molecule has 2 aliphatic heterocycles. The monoisotopic (exact) mass is 484 g/mol. The van der Waals surface area contributed by atoms with E-state index in [1.54, 1.807) is 0 Å². The fourth-order valence-corrected chi connectivity index (χ4v) is 3.94. The molecule has 0 saturated carbocycles. The number of aromatic nitrogens is 2. The first-order valence-corrected chi connectivity index (χ1v) is 10.8. The van der Waals surface area contributed by atoms with Gasteiger partial charge in [0, 0.05) is 5.56 Å². The number of hydrogen-bond donors (Lipinski definition) is 0. The third-order valence-corrected chi connectivity index (χ3v) is 5.56. The van der Waals surface area contributed by atoms with Crippen molar-refractivity contribution in [2.75, 3.05) is 4.90 Å². The van der Waals surface area contributed by atoms with Crippen molar-refractivity contribution in [3.8, 4) is 17.1 Å². The molecule has 10 nitrogen and oxygen atoms in total. The Morgan fingerprint density at radius 2 is 1.91 bits per heavy atom. The predicted molar refractivity (Wildman–Crippen MR) is 117 cm³/mol. The molecule has 2 aromatic carbocycles. The number of hydrogen-bond acceptors (Lipinski definition) is 9. The Morgan fingerprint density at radius 3 is 2.62 bits per heavy atom. The SMILES string of the molecule is CC(C)Oc1ccc(-c2noc(CN3N=NC4C(=O)N(c5ccc(F)c(Cl)c5)C(=O)C43)n2)cc1. The maximum absolute atomic E-state index is 13.5. The van der Waals surface area contributed by atoms with E-state index in [2.05, 4.69) is 20.5 Å². The average molecular weight is 485 g/mol. The zero-order valence-corrected chi connectivity index (χ0v) is 18.8. The van der Waals surface area contributed by atoms with E-state index in [0.29, 0.717) is 5.82 Å². The Kier molecular flexibility index (Phi) is 5.48. The molecular formula is C22H18ClFN6O4. The number of amides is 2. The van der Waals surface area contributed by atoms with Gasteiger partial charge in [-0.25, -0.2) is 9.29 Å². The molecule has 1 fully saturated rings. The largest absolute Gasteiger partial charge is 0.491 e. The number of ether oxygens (including phenoxy) is 1. The quantitative estimate of drug-likeness (QED) is 0.489. The van der Waals surface area contributed by atoms with Gasteiger partial charge in [-0.15, -0.1) is 0 Å². The van der Waals surface area contributed by atoms with Crippen LogP contribution in [0.5, 0.6) is 5.75 Å². The Morgan fingerprint density at radius 1 is 1.15 bits per heavy atom. The molecule has 0 radical (unpaired) electrons. The van der Waals surface area contributed by atoms with E-state index in [1.807, 2.05) is 38.1 Å². The average Bonchev–Trinajstić information content (AvgIpc) is 3.49. The summed E-state index contributed by atoms with van der Waals surface area (Å²) in [6.07, 6.45) is 0.0576. The Hall–Kier alpha value is -3.86. The number of carbonyl (C=O) groups is 2. The third kappa shape index (κ3) is 3.87. The van der Waals surface area contributed by atoms with E-state index in [0.717, 1.165) is 22.3 Å². The standard InChI is InChI=1S/C22H18ClFN6O4/c1-11(2)33-14-6-3-12(4-7-14)20-25-17(34-27-20)10-29-19-18(26-28-29)21(31)30(22(19)32)13-5-8-16(24)15(23)9-13/h3-9,11,18-19H,10H2,1-2H3. The summed E-state index contributed by atoms with van der Waals surface area (Å²) in [5, 5.41) is 13.0. The van der Waals surface area contributed by atoms with Crippen molar-refractivity contribution >= 4 is 29.1 Å². The zero-order chi connectivity index (χ0) is 24.0. The molecule has 2 amide bonds. The fourth-order valence-electron chi connectivity index (χ4n) is 3.76. The number of imide groups is 1. The topological polar surface area (TPSA) is 113 Å². The summed E-state index contributed by atoms with van der Waals surface area (Å²) in [7, 11) is 0. The van der Waals surface area contributed by atoms with Crippen molar-refractivity contribution < 1.29 is 23.2 Å². The van der Waals surface area contributed by atoms with Gasteiger partial charge < -0.3 is 9.26 Å². The Balaban J connectivity index is 1.31. The van der Waals surface area contributed by atoms with Crippen LogP contribution in [-0.4, -0.2) is 45.2 Å². The second-order valence-corrected chi connectivity index (χ2v) is 8.41. The highest BCUT2D eigenvalue weighted by Crippen LogP contribution is 2.34. The summed E-state index contributed by atoms with van der Waals surface area (Å²) in [6.45, 7) is 3.86. The van der Waals surface area contributed by atoms with Crippen molar-refractivity contribution in [1.82, 2.24) is 15.1 Å². The van der Waals surface area contributed by atoms with Crippen molar-refractivity contribution in [1.29, 1.82) is 0 Å². The number of fused-ring (bicyclic) bond motifs is 1. The number of anilines is 1. The summed E-state index contributed by atoms with van der Waals surface area (Å²) in [6, 6.07) is 8.86. The molecule has 1 aromatic heterocycles. The van der Waals surface area contributed by atoms with Crippen LogP contribution in [0.3, 0.4) is 0 Å². The molecule has 0 aliphatic carbocycles. The molecular weight excluding hydrogens is 467 g/mol. The van der Waals surface area contributed by atoms with Gasteiger partial charge in [-0.05, 0) is 56.3 Å². The summed E-state index contributed by atoms with van der Waals surface area (Å²) in [4.78, 5) is 31.2. The van der Waals surface area contributed by atoms with Crippen molar-refractivity contribution in [2.45, 2.75) is 38.6 Å². The van der Waals surface area contributed by atoms with E-state index in [9.17, 15) is 14.0 Å². The summed E-state index contributed by atoms with van der Waals surface area (Å²) in [5.74, 6) is -0.500. The molecule has 0 bridgehead atoms. The highest BCUT2D eigenvalue weighted by atomic mass is 35.5. The lowest BCUT2D eigenvalue weighted by molar-refractivity contribution is -0.123. The Bertz CT molecular complexity index is 1290. The number of carbonyl (C=O) groups excluding carboxylic acids is 2. The van der Waals surface area contributed by atoms with E-state index < -0.39 is 29.7 Å². The van der Waals surface area contributed by atoms with Gasteiger partial charge in [0.15, 0.2) is 12.1 Å². The number of rotatable bonds is 6. The molecule has 3 heterocycles. The molecule has 5 rings (SSSR count). The first-order chi connectivity index (χ1) is 16.3. The highest BCUT2D eigenvalue weighted by molar-refractivity contribution is 6.32. The molecule has 0 spiro atoms. The molecule has 12 heteroatoms. The van der Waals surface area contributed by atoms with Crippen LogP contribution in [0.4, 0.5) is 10.1 Å². The van der Waals surface area contributed by atoms with Crippen LogP contribution in [0.15, 0.2) is 57.3 Å². The highest BCUT2D eigenvalue weighted by Gasteiger charge is 2.55. The fraction of sp³-hybridized carbons (Fsp3) is 0.273. The van der Waals surface area contributed by atoms with Gasteiger partial charge in [0.1, 0.15) is 18.1 Å². The van der Waals surface area contributed by atoms with Gasteiger partial charge in [-0.2, -0.15) is 10.1 Å². The molecule has 2 unspecified atom stereocenters. The van der Waals surface area contributed by atoms with Gasteiger partial charge >= 0.3 is 0 Å². The van der Waals surface area contributed by atoms with Crippen LogP contribution in [0, 0.1) is 5.82 Å². The second-order valence-electron chi connectivity index (χ2n) is 8.01. The van der Waals surface area contributed by atoms with Gasteiger partial charge in [0.25, 0.3) is 11.8 Å². The van der Waals surface area contributed by atoms with Crippen molar-refractivity contribution in [3.05, 3.63) is 59.2 Å². The van der Waals surface area contributed by atoms with Crippen molar-refractivity contribution in [2.24, 2.45) is 10.3 Å². The predicted octanol–water partition coefficient (Wildman–Crippen LogP) is 3.81. The molecule has 2 aliphatic rings. The maximum atomic E-state index is 13.5. The van der Waals surface area contributed by atoms with E-state index >= 15 is 0 Å². The summed E-state index contributed by atoms with van der Waals surface area (Å²) >= 11 is 5.82. The maximum Gasteiger partial charge on any atom is 0.263 e. The molecule has 0 N–H and O–H groups in total. The minimum absolute atomic E-state index is 0.0246. The van der Waals surface area contributed by atoms with Gasteiger partial charge in [0.2, 0.25) is 11.7 Å². The lowest BCUT2D eigenvalue weighted by Crippen LogP contribution is -2.39. The van der Waals surface area contributed by atoms with Crippen LogP contribution >= 0.6 is 11.6 Å². The minimum Gasteiger partial charge on any atom is -0.491 e. The first-order valence-electron chi connectivity index (χ1n) is 10.4. The molecule has 2 atom stereocenters. The van der Waals surface area contributed by atoms with Crippen LogP contribution in [0.25, 0.3) is 11.4 Å². The normalized spacial score (nSPS) is 19.4. The smallest absolute Gasteiger partial charge is 0.263 e. The Labute approximate surface area is 197 Å². The number of halogens is 2. The molecule has 3 aromatic rings. The van der Waals surface area contributed by atoms with E-state index in [1.165, 1.54) is 17.1 Å². The second kappa shape index (κ2) is 8.49. The van der Waals surface area contributed by atoms with Gasteiger partial charge in [-0.1, -0.05) is 22.0 Å². The molecule has 34 heavy (non-hydrogen) atoms. The minimum atomic E-state index is -1.02. The summed E-state index contributed by atoms with van der Waals surface area (Å²) < 4.78 is 24.5. The van der Waals surface area contributed by atoms with Crippen molar-refractivity contribution in [3.63, 3.8) is 0 Å². The molecule has 1 saturated heterocycles.